The highest BCUT2D eigenvalue weighted by Crippen LogP contribution is 2.38. The fraction of sp³-hybridized carbons (Fsp3) is 0.381. The van der Waals surface area contributed by atoms with E-state index in [-0.39, 0.29) is 5.75 Å². The molecule has 0 radical (unpaired) electrons. The molecule has 0 atom stereocenters. The highest BCUT2D eigenvalue weighted by molar-refractivity contribution is 7.89. The smallest absolute Gasteiger partial charge is 0.307 e. The number of amides is 2. The van der Waals surface area contributed by atoms with Crippen LogP contribution in [0.2, 0.25) is 0 Å². The Bertz CT molecular complexity index is 963. The van der Waals surface area contributed by atoms with Crippen LogP contribution in [0.1, 0.15) is 46.2 Å². The van der Waals surface area contributed by atoms with E-state index in [4.69, 9.17) is 0 Å². The Balaban J connectivity index is 1.51. The number of hydrogen-bond acceptors (Lipinski definition) is 3. The minimum Gasteiger partial charge on any atom is -0.307 e. The van der Waals surface area contributed by atoms with E-state index in [0.717, 1.165) is 49.8 Å². The summed E-state index contributed by atoms with van der Waals surface area (Å²) in [6, 6.07) is 8.87. The summed E-state index contributed by atoms with van der Waals surface area (Å²) in [5.74, 6) is -0.217. The van der Waals surface area contributed by atoms with Gasteiger partial charge in [0.05, 0.1) is 5.75 Å². The summed E-state index contributed by atoms with van der Waals surface area (Å²) in [4.78, 5) is 12.5. The lowest BCUT2D eigenvalue weighted by molar-refractivity contribution is 0.256. The minimum atomic E-state index is -3.76. The van der Waals surface area contributed by atoms with Crippen LogP contribution in [0.4, 0.5) is 10.5 Å². The average Bonchev–Trinajstić information content (AvgIpc) is 3.25. The van der Waals surface area contributed by atoms with Crippen LogP contribution in [0.15, 0.2) is 30.3 Å². The monoisotopic (exact) mass is 384 g/mol. The Morgan fingerprint density at radius 2 is 1.56 bits per heavy atom. The number of rotatable bonds is 4. The van der Waals surface area contributed by atoms with E-state index in [1.807, 2.05) is 19.1 Å². The summed E-state index contributed by atoms with van der Waals surface area (Å²) in [6.07, 6.45) is 6.11. The van der Waals surface area contributed by atoms with Gasteiger partial charge in [-0.25, -0.2) is 17.9 Å². The van der Waals surface area contributed by atoms with Gasteiger partial charge in [0, 0.05) is 5.69 Å². The van der Waals surface area contributed by atoms with Gasteiger partial charge >= 0.3 is 6.03 Å². The second kappa shape index (κ2) is 7.00. The van der Waals surface area contributed by atoms with Gasteiger partial charge in [-0.2, -0.15) is 0 Å². The maximum absolute atomic E-state index is 12.5. The lowest BCUT2D eigenvalue weighted by atomic mass is 9.99. The molecule has 2 aromatic carbocycles. The first-order valence-electron chi connectivity index (χ1n) is 9.45. The summed E-state index contributed by atoms with van der Waals surface area (Å²) in [7, 11) is -3.76. The summed E-state index contributed by atoms with van der Waals surface area (Å²) in [5, 5.41) is 2.86. The van der Waals surface area contributed by atoms with E-state index in [9.17, 15) is 13.2 Å². The van der Waals surface area contributed by atoms with Crippen LogP contribution in [-0.4, -0.2) is 14.4 Å². The first-order valence-corrected chi connectivity index (χ1v) is 11.1. The molecule has 0 aromatic heterocycles. The van der Waals surface area contributed by atoms with Crippen LogP contribution in [0.5, 0.6) is 0 Å². The van der Waals surface area contributed by atoms with Crippen molar-refractivity contribution in [2.75, 3.05) is 5.32 Å². The third-order valence-electron chi connectivity index (χ3n) is 5.44. The van der Waals surface area contributed by atoms with Crippen LogP contribution < -0.4 is 10.0 Å². The number of fused-ring (bicyclic) bond motifs is 2. The van der Waals surface area contributed by atoms with E-state index in [2.05, 4.69) is 16.1 Å². The van der Waals surface area contributed by atoms with Crippen molar-refractivity contribution < 1.29 is 13.2 Å². The first kappa shape index (κ1) is 18.0. The Labute approximate surface area is 160 Å². The summed E-state index contributed by atoms with van der Waals surface area (Å²) < 4.78 is 26.9. The Morgan fingerprint density at radius 1 is 0.963 bits per heavy atom. The van der Waals surface area contributed by atoms with E-state index in [0.29, 0.717) is 5.56 Å². The molecule has 2 amide bonds. The van der Waals surface area contributed by atoms with E-state index in [1.165, 1.54) is 22.3 Å². The number of sulfonamides is 1. The predicted molar refractivity (Wildman–Crippen MR) is 106 cm³/mol. The van der Waals surface area contributed by atoms with Crippen LogP contribution in [-0.2, 0) is 41.5 Å². The van der Waals surface area contributed by atoms with Gasteiger partial charge in [-0.1, -0.05) is 35.9 Å². The van der Waals surface area contributed by atoms with Crippen molar-refractivity contribution in [1.29, 1.82) is 0 Å². The molecule has 0 saturated carbocycles. The van der Waals surface area contributed by atoms with Gasteiger partial charge in [-0.15, -0.1) is 0 Å². The Hall–Kier alpha value is -2.34. The third kappa shape index (κ3) is 3.86. The zero-order valence-corrected chi connectivity index (χ0v) is 16.3. The predicted octanol–water partition coefficient (Wildman–Crippen LogP) is 3.62. The van der Waals surface area contributed by atoms with E-state index < -0.39 is 16.1 Å². The fourth-order valence-electron chi connectivity index (χ4n) is 4.19. The third-order valence-corrected chi connectivity index (χ3v) is 6.65. The van der Waals surface area contributed by atoms with Crippen molar-refractivity contribution in [1.82, 2.24) is 4.72 Å². The number of hydrogen-bond donors (Lipinski definition) is 2. The van der Waals surface area contributed by atoms with Crippen molar-refractivity contribution in [2.45, 2.75) is 51.2 Å². The van der Waals surface area contributed by atoms with Gasteiger partial charge in [-0.3, -0.25) is 0 Å². The van der Waals surface area contributed by atoms with E-state index >= 15 is 0 Å². The molecule has 2 aliphatic carbocycles. The number of aryl methyl sites for hydroxylation is 3. The molecule has 4 rings (SSSR count). The van der Waals surface area contributed by atoms with Crippen LogP contribution in [0.3, 0.4) is 0 Å². The number of carbonyl (C=O) groups is 1. The van der Waals surface area contributed by atoms with Crippen LogP contribution in [0, 0.1) is 6.92 Å². The summed E-state index contributed by atoms with van der Waals surface area (Å²) in [5.41, 5.74) is 7.53. The molecule has 0 unspecified atom stereocenters. The minimum absolute atomic E-state index is 0.217. The largest absolute Gasteiger partial charge is 0.332 e. The molecule has 2 aliphatic rings. The maximum Gasteiger partial charge on any atom is 0.332 e. The van der Waals surface area contributed by atoms with E-state index in [1.54, 1.807) is 12.1 Å². The molecule has 0 aliphatic heterocycles. The molecule has 0 bridgehead atoms. The zero-order valence-electron chi connectivity index (χ0n) is 15.5. The molecule has 0 saturated heterocycles. The topological polar surface area (TPSA) is 75.3 Å². The highest BCUT2D eigenvalue weighted by Gasteiger charge is 2.26. The van der Waals surface area contributed by atoms with Gasteiger partial charge < -0.3 is 5.32 Å². The lowest BCUT2D eigenvalue weighted by Crippen LogP contribution is -2.35. The number of urea groups is 1. The molecule has 6 heteroatoms. The van der Waals surface area contributed by atoms with Crippen molar-refractivity contribution in [3.05, 3.63) is 63.7 Å². The highest BCUT2D eigenvalue weighted by atomic mass is 32.2. The fourth-order valence-corrected chi connectivity index (χ4v) is 5.22. The van der Waals surface area contributed by atoms with Crippen LogP contribution in [0.25, 0.3) is 0 Å². The average molecular weight is 385 g/mol. The molecule has 5 nitrogen and oxygen atoms in total. The normalized spacial score (nSPS) is 15.3. The number of anilines is 1. The van der Waals surface area contributed by atoms with Crippen molar-refractivity contribution in [2.24, 2.45) is 0 Å². The van der Waals surface area contributed by atoms with Gasteiger partial charge in [0.2, 0.25) is 10.0 Å². The zero-order chi connectivity index (χ0) is 19.0. The number of carbonyl (C=O) groups excluding carboxylic acids is 1. The van der Waals surface area contributed by atoms with Gasteiger partial charge in [-0.05, 0) is 73.3 Å². The Kier molecular flexibility index (Phi) is 4.68. The molecular weight excluding hydrogens is 360 g/mol. The summed E-state index contributed by atoms with van der Waals surface area (Å²) in [6.45, 7) is 1.95. The Morgan fingerprint density at radius 3 is 2.15 bits per heavy atom. The molecular formula is C21H24N2O3S. The van der Waals surface area contributed by atoms with Crippen LogP contribution >= 0.6 is 0 Å². The summed E-state index contributed by atoms with van der Waals surface area (Å²) >= 11 is 0. The van der Waals surface area contributed by atoms with Crippen molar-refractivity contribution in [3.8, 4) is 0 Å². The lowest BCUT2D eigenvalue weighted by Gasteiger charge is -2.16. The molecule has 0 heterocycles. The van der Waals surface area contributed by atoms with Crippen molar-refractivity contribution >= 4 is 21.7 Å². The van der Waals surface area contributed by atoms with Crippen molar-refractivity contribution in [3.63, 3.8) is 0 Å². The maximum atomic E-state index is 12.5. The van der Waals surface area contributed by atoms with Gasteiger partial charge in [0.1, 0.15) is 0 Å². The van der Waals surface area contributed by atoms with Gasteiger partial charge in [0.25, 0.3) is 0 Å². The molecule has 27 heavy (non-hydrogen) atoms. The number of benzene rings is 2. The molecule has 2 aromatic rings. The quantitative estimate of drug-likeness (QED) is 0.845. The standard InChI is InChI=1S/C21H24N2O3S/c1-14-8-10-15(11-9-14)13-27(25,26)23-21(24)22-20-18-6-2-4-16(18)12-17-5-3-7-19(17)20/h8-12H,2-7,13H2,1H3,(H2,22,23,24). The van der Waals surface area contributed by atoms with Gasteiger partial charge in [0.15, 0.2) is 0 Å². The molecule has 142 valence electrons. The molecule has 2 N–H and O–H groups in total. The second-order valence-electron chi connectivity index (χ2n) is 7.53. The second-order valence-corrected chi connectivity index (χ2v) is 9.26. The first-order chi connectivity index (χ1) is 12.9. The SMILES string of the molecule is Cc1ccc(CS(=O)(=O)NC(=O)Nc2c3c(cc4c2CCC4)CCC3)cc1. The molecule has 0 fully saturated rings. The molecule has 0 spiro atoms. The number of nitrogens with one attached hydrogen (secondary N) is 2.